The molecular formula is C12H14BrN3. The molecule has 1 fully saturated rings. The molecule has 16 heavy (non-hydrogen) atoms. The quantitative estimate of drug-likeness (QED) is 0.902. The third-order valence-corrected chi connectivity index (χ3v) is 3.52. The number of hydrogen-bond acceptors (Lipinski definition) is 3. The summed E-state index contributed by atoms with van der Waals surface area (Å²) in [6.07, 6.45) is 7.98. The monoisotopic (exact) mass is 279 g/mol. The fourth-order valence-corrected chi connectivity index (χ4v) is 2.51. The number of nitrogens with one attached hydrogen (secondary N) is 1. The van der Waals surface area contributed by atoms with Crippen LogP contribution in [-0.2, 0) is 0 Å². The van der Waals surface area contributed by atoms with Crippen LogP contribution in [0.3, 0.4) is 0 Å². The van der Waals surface area contributed by atoms with Crippen molar-refractivity contribution in [3.8, 4) is 6.07 Å². The molecule has 1 aliphatic rings. The number of pyridine rings is 1. The lowest BCUT2D eigenvalue weighted by Crippen LogP contribution is -2.23. The predicted octanol–water partition coefficient (Wildman–Crippen LogP) is 3.46. The molecule has 0 aliphatic heterocycles. The van der Waals surface area contributed by atoms with Gasteiger partial charge in [0.2, 0.25) is 0 Å². The van der Waals surface area contributed by atoms with E-state index in [2.05, 4.69) is 32.3 Å². The number of halogens is 1. The Morgan fingerprint density at radius 2 is 2.12 bits per heavy atom. The van der Waals surface area contributed by atoms with Gasteiger partial charge in [-0.2, -0.15) is 5.26 Å². The molecule has 2 rings (SSSR count). The fraction of sp³-hybridized carbons (Fsp3) is 0.500. The van der Waals surface area contributed by atoms with Crippen LogP contribution in [0.1, 0.15) is 37.7 Å². The molecule has 1 saturated carbocycles. The first-order valence-electron chi connectivity index (χ1n) is 5.62. The highest BCUT2D eigenvalue weighted by atomic mass is 79.9. The second kappa shape index (κ2) is 5.31. The van der Waals surface area contributed by atoms with Crippen molar-refractivity contribution in [1.82, 2.24) is 4.98 Å². The smallest absolute Gasteiger partial charge is 0.140 e. The number of hydrogen-bond donors (Lipinski definition) is 1. The van der Waals surface area contributed by atoms with Crippen LogP contribution in [-0.4, -0.2) is 11.0 Å². The number of nitriles is 1. The molecule has 1 N–H and O–H groups in total. The topological polar surface area (TPSA) is 48.7 Å². The molecule has 84 valence electrons. The Morgan fingerprint density at radius 3 is 2.75 bits per heavy atom. The average molecular weight is 280 g/mol. The second-order valence-electron chi connectivity index (χ2n) is 4.15. The maximum Gasteiger partial charge on any atom is 0.140 e. The van der Waals surface area contributed by atoms with Crippen LogP contribution in [0.15, 0.2) is 16.7 Å². The van der Waals surface area contributed by atoms with Gasteiger partial charge in [-0.05, 0) is 34.8 Å². The molecule has 0 atom stereocenters. The molecule has 0 spiro atoms. The summed E-state index contributed by atoms with van der Waals surface area (Å²) in [5, 5.41) is 12.2. The molecule has 3 nitrogen and oxygen atoms in total. The van der Waals surface area contributed by atoms with Crippen molar-refractivity contribution >= 4 is 21.7 Å². The van der Waals surface area contributed by atoms with Gasteiger partial charge in [-0.1, -0.05) is 19.3 Å². The lowest BCUT2D eigenvalue weighted by molar-refractivity contribution is 0.461. The summed E-state index contributed by atoms with van der Waals surface area (Å²) < 4.78 is 0.872. The summed E-state index contributed by atoms with van der Waals surface area (Å²) in [6, 6.07) is 4.41. The molecule has 1 heterocycles. The van der Waals surface area contributed by atoms with Gasteiger partial charge >= 0.3 is 0 Å². The van der Waals surface area contributed by atoms with Gasteiger partial charge in [0.05, 0.1) is 10.0 Å². The van der Waals surface area contributed by atoms with Gasteiger partial charge in [0.1, 0.15) is 11.9 Å². The van der Waals surface area contributed by atoms with Crippen molar-refractivity contribution in [2.45, 2.75) is 38.1 Å². The summed E-state index contributed by atoms with van der Waals surface area (Å²) in [5.41, 5.74) is 0.584. The van der Waals surface area contributed by atoms with Crippen LogP contribution in [0, 0.1) is 11.3 Å². The van der Waals surface area contributed by atoms with E-state index in [1.165, 1.54) is 32.1 Å². The van der Waals surface area contributed by atoms with Gasteiger partial charge in [0.25, 0.3) is 0 Å². The van der Waals surface area contributed by atoms with Gasteiger partial charge in [-0.15, -0.1) is 0 Å². The highest BCUT2D eigenvalue weighted by Crippen LogP contribution is 2.25. The zero-order valence-electron chi connectivity index (χ0n) is 9.04. The Morgan fingerprint density at radius 1 is 1.38 bits per heavy atom. The molecule has 0 radical (unpaired) electrons. The van der Waals surface area contributed by atoms with Crippen molar-refractivity contribution in [1.29, 1.82) is 5.26 Å². The first-order chi connectivity index (χ1) is 7.79. The molecule has 1 aromatic rings. The minimum absolute atomic E-state index is 0.533. The van der Waals surface area contributed by atoms with Gasteiger partial charge in [-0.3, -0.25) is 0 Å². The van der Waals surface area contributed by atoms with Crippen LogP contribution in [0.5, 0.6) is 0 Å². The normalized spacial score (nSPS) is 16.8. The van der Waals surface area contributed by atoms with Crippen molar-refractivity contribution in [3.63, 3.8) is 0 Å². The molecule has 0 unspecified atom stereocenters. The maximum absolute atomic E-state index is 8.74. The van der Waals surface area contributed by atoms with Crippen molar-refractivity contribution in [2.75, 3.05) is 5.32 Å². The standard InChI is InChI=1S/C12H14BrN3/c13-11-6-9(7-14)8-15-12(11)16-10-4-2-1-3-5-10/h6,8,10H,1-5H2,(H,15,16). The Bertz CT molecular complexity index is 405. The molecule has 0 saturated heterocycles. The Labute approximate surface area is 104 Å². The molecule has 0 aromatic carbocycles. The SMILES string of the molecule is N#Cc1cnc(NC2CCCCC2)c(Br)c1. The molecule has 1 aliphatic carbocycles. The Kier molecular flexibility index (Phi) is 3.79. The van der Waals surface area contributed by atoms with E-state index in [9.17, 15) is 0 Å². The minimum Gasteiger partial charge on any atom is -0.366 e. The van der Waals surface area contributed by atoms with E-state index in [1.54, 1.807) is 12.3 Å². The van der Waals surface area contributed by atoms with Crippen molar-refractivity contribution in [2.24, 2.45) is 0 Å². The van der Waals surface area contributed by atoms with Gasteiger partial charge in [0, 0.05) is 12.2 Å². The van der Waals surface area contributed by atoms with Gasteiger partial charge < -0.3 is 5.32 Å². The molecule has 0 amide bonds. The molecule has 0 bridgehead atoms. The first-order valence-corrected chi connectivity index (χ1v) is 6.41. The van der Waals surface area contributed by atoms with E-state index < -0.39 is 0 Å². The number of anilines is 1. The van der Waals surface area contributed by atoms with Gasteiger partial charge in [-0.25, -0.2) is 4.98 Å². The Balaban J connectivity index is 2.06. The van der Waals surface area contributed by atoms with Crippen LogP contribution >= 0.6 is 15.9 Å². The molecular weight excluding hydrogens is 266 g/mol. The number of nitrogens with zero attached hydrogens (tertiary/aromatic N) is 2. The summed E-state index contributed by atoms with van der Waals surface area (Å²) in [7, 11) is 0. The minimum atomic E-state index is 0.533. The fourth-order valence-electron chi connectivity index (χ4n) is 2.05. The summed E-state index contributed by atoms with van der Waals surface area (Å²) >= 11 is 3.44. The predicted molar refractivity (Wildman–Crippen MR) is 67.1 cm³/mol. The lowest BCUT2D eigenvalue weighted by Gasteiger charge is -2.23. The van der Waals surface area contributed by atoms with Gasteiger partial charge in [0.15, 0.2) is 0 Å². The van der Waals surface area contributed by atoms with E-state index in [0.29, 0.717) is 11.6 Å². The molecule has 4 heteroatoms. The van der Waals surface area contributed by atoms with E-state index >= 15 is 0 Å². The van der Waals surface area contributed by atoms with Crippen molar-refractivity contribution < 1.29 is 0 Å². The van der Waals surface area contributed by atoms with Crippen LogP contribution < -0.4 is 5.32 Å². The summed E-state index contributed by atoms with van der Waals surface area (Å²) in [5.74, 6) is 0.853. The number of rotatable bonds is 2. The largest absolute Gasteiger partial charge is 0.366 e. The highest BCUT2D eigenvalue weighted by Gasteiger charge is 2.14. The third kappa shape index (κ3) is 2.73. The third-order valence-electron chi connectivity index (χ3n) is 2.92. The van der Waals surface area contributed by atoms with E-state index in [1.807, 2.05) is 0 Å². The number of aromatic nitrogens is 1. The lowest BCUT2D eigenvalue weighted by atomic mass is 9.95. The van der Waals surface area contributed by atoms with Crippen molar-refractivity contribution in [3.05, 3.63) is 22.3 Å². The second-order valence-corrected chi connectivity index (χ2v) is 5.00. The zero-order valence-corrected chi connectivity index (χ0v) is 10.6. The first kappa shape index (κ1) is 11.4. The van der Waals surface area contributed by atoms with Crippen LogP contribution in [0.2, 0.25) is 0 Å². The average Bonchev–Trinajstić information content (AvgIpc) is 2.33. The summed E-state index contributed by atoms with van der Waals surface area (Å²) in [4.78, 5) is 4.26. The van der Waals surface area contributed by atoms with E-state index in [-0.39, 0.29) is 0 Å². The van der Waals surface area contributed by atoms with E-state index in [4.69, 9.17) is 5.26 Å². The molecule has 1 aromatic heterocycles. The van der Waals surface area contributed by atoms with E-state index in [0.717, 1.165) is 10.3 Å². The Hall–Kier alpha value is -1.08. The zero-order chi connectivity index (χ0) is 11.4. The summed E-state index contributed by atoms with van der Waals surface area (Å²) in [6.45, 7) is 0. The highest BCUT2D eigenvalue weighted by molar-refractivity contribution is 9.10. The van der Waals surface area contributed by atoms with Crippen LogP contribution in [0.4, 0.5) is 5.82 Å². The maximum atomic E-state index is 8.74. The van der Waals surface area contributed by atoms with Crippen LogP contribution in [0.25, 0.3) is 0 Å².